The number of ether oxygens (including phenoxy) is 2. The fraction of sp³-hybridized carbons (Fsp3) is 1.00. The van der Waals surface area contributed by atoms with Crippen molar-refractivity contribution in [2.45, 2.75) is 68.3 Å². The largest absolute Gasteiger partial charge is 0.395 e. The van der Waals surface area contributed by atoms with Gasteiger partial charge in [0.25, 0.3) is 0 Å². The molecule has 138 valence electrons. The van der Waals surface area contributed by atoms with E-state index in [1.165, 1.54) is 6.92 Å². The van der Waals surface area contributed by atoms with Crippen LogP contribution < -0.4 is 17.2 Å². The lowest BCUT2D eigenvalue weighted by Gasteiger charge is -2.42. The average molecular weight is 339 g/mol. The summed E-state index contributed by atoms with van der Waals surface area (Å²) < 4.78 is 10.9. The Morgan fingerprint density at radius 2 is 1.70 bits per heavy atom. The van der Waals surface area contributed by atoms with Crippen LogP contribution in [0.25, 0.3) is 0 Å². The molecule has 0 radical (unpaired) electrons. The van der Waals surface area contributed by atoms with E-state index in [9.17, 15) is 25.5 Å². The van der Waals surface area contributed by atoms with Gasteiger partial charge in [-0.2, -0.15) is 0 Å². The van der Waals surface area contributed by atoms with Gasteiger partial charge in [0.2, 0.25) is 0 Å². The zero-order valence-corrected chi connectivity index (χ0v) is 13.1. The molecule has 1 rings (SSSR count). The Kier molecular flexibility index (Phi) is 8.24. The Morgan fingerprint density at radius 3 is 2.17 bits per heavy atom. The third-order valence-corrected chi connectivity index (χ3v) is 3.97. The minimum absolute atomic E-state index is 0.212. The molecule has 3 unspecified atom stereocenters. The van der Waals surface area contributed by atoms with Crippen LogP contribution in [-0.4, -0.2) is 93.7 Å². The van der Waals surface area contributed by atoms with Crippen molar-refractivity contribution >= 4 is 0 Å². The Morgan fingerprint density at radius 1 is 1.09 bits per heavy atom. The smallest absolute Gasteiger partial charge is 0.175 e. The predicted molar refractivity (Wildman–Crippen MR) is 79.9 cm³/mol. The van der Waals surface area contributed by atoms with E-state index in [4.69, 9.17) is 26.7 Å². The van der Waals surface area contributed by atoms with E-state index in [0.29, 0.717) is 0 Å². The molecule has 0 amide bonds. The summed E-state index contributed by atoms with van der Waals surface area (Å²) in [7, 11) is 0. The maximum absolute atomic E-state index is 10.1. The second-order valence-corrected chi connectivity index (χ2v) is 5.96. The molecule has 1 saturated carbocycles. The van der Waals surface area contributed by atoms with Crippen molar-refractivity contribution in [1.82, 2.24) is 0 Å². The Hall–Kier alpha value is -0.400. The first-order valence-electron chi connectivity index (χ1n) is 7.56. The first kappa shape index (κ1) is 20.6. The standard InChI is InChI=1S/C13H29N3O7/c1-5(19)9(4-18)22-13(8(16)3-17)23-12-7(15)2-6(14)10(20)11(12)21/h5-13,17-21H,2-4,14-16H2,1H3/t5-,6+,7?,8+,9?,10+,11?,12+,13+/m0/s1. The molecule has 11 N–H and O–H groups in total. The first-order valence-corrected chi connectivity index (χ1v) is 7.56. The lowest BCUT2D eigenvalue weighted by atomic mass is 9.84. The highest BCUT2D eigenvalue weighted by atomic mass is 16.7. The molecular weight excluding hydrogens is 310 g/mol. The molecule has 9 atom stereocenters. The topological polar surface area (TPSA) is 198 Å². The van der Waals surface area contributed by atoms with Gasteiger partial charge in [-0.15, -0.1) is 0 Å². The molecule has 23 heavy (non-hydrogen) atoms. The van der Waals surface area contributed by atoms with Crippen LogP contribution in [0, 0.1) is 0 Å². The minimum Gasteiger partial charge on any atom is -0.395 e. The van der Waals surface area contributed by atoms with Crippen molar-refractivity contribution in [1.29, 1.82) is 0 Å². The number of aliphatic hydroxyl groups is 5. The van der Waals surface area contributed by atoms with Gasteiger partial charge in [-0.25, -0.2) is 0 Å². The average Bonchev–Trinajstić information content (AvgIpc) is 2.51. The van der Waals surface area contributed by atoms with Gasteiger partial charge >= 0.3 is 0 Å². The summed E-state index contributed by atoms with van der Waals surface area (Å²) in [4.78, 5) is 0. The molecule has 1 fully saturated rings. The highest BCUT2D eigenvalue weighted by Gasteiger charge is 2.43. The Bertz CT molecular complexity index is 350. The fourth-order valence-corrected chi connectivity index (χ4v) is 2.43. The van der Waals surface area contributed by atoms with Gasteiger partial charge in [0.15, 0.2) is 6.29 Å². The van der Waals surface area contributed by atoms with Crippen molar-refractivity contribution in [2.24, 2.45) is 17.2 Å². The van der Waals surface area contributed by atoms with Crippen LogP contribution in [0.5, 0.6) is 0 Å². The third-order valence-electron chi connectivity index (χ3n) is 3.97. The van der Waals surface area contributed by atoms with Crippen LogP contribution in [-0.2, 0) is 9.47 Å². The lowest BCUT2D eigenvalue weighted by Crippen LogP contribution is -2.63. The molecule has 1 aliphatic carbocycles. The molecule has 0 bridgehead atoms. The van der Waals surface area contributed by atoms with E-state index in [1.54, 1.807) is 0 Å². The van der Waals surface area contributed by atoms with Gasteiger partial charge in [0.1, 0.15) is 18.3 Å². The Labute approximate surface area is 134 Å². The summed E-state index contributed by atoms with van der Waals surface area (Å²) in [6, 6.07) is -2.37. The highest BCUT2D eigenvalue weighted by molar-refractivity contribution is 4.98. The zero-order valence-electron chi connectivity index (χ0n) is 13.1. The van der Waals surface area contributed by atoms with Gasteiger partial charge < -0.3 is 52.2 Å². The molecule has 0 aromatic carbocycles. The SMILES string of the molecule is C[C@H](O)C(CO)O[C@H](O[C@@H]1C(N)C[C@@H](N)[C@@H](O)C1O)[C@H](N)CO. The van der Waals surface area contributed by atoms with Crippen LogP contribution in [0.15, 0.2) is 0 Å². The molecule has 1 aliphatic rings. The lowest BCUT2D eigenvalue weighted by molar-refractivity contribution is -0.255. The third kappa shape index (κ3) is 5.29. The van der Waals surface area contributed by atoms with Crippen molar-refractivity contribution in [2.75, 3.05) is 13.2 Å². The minimum atomic E-state index is -1.36. The summed E-state index contributed by atoms with van der Waals surface area (Å²) in [6.45, 7) is 0.414. The molecule has 10 nitrogen and oxygen atoms in total. The van der Waals surface area contributed by atoms with E-state index in [2.05, 4.69) is 0 Å². The molecule has 0 spiro atoms. The zero-order chi connectivity index (χ0) is 17.7. The maximum Gasteiger partial charge on any atom is 0.175 e. The van der Waals surface area contributed by atoms with Crippen molar-refractivity contribution in [3.8, 4) is 0 Å². The molecule has 0 aromatic rings. The number of nitrogens with two attached hydrogens (primary N) is 3. The normalized spacial score (nSPS) is 37.2. The van der Waals surface area contributed by atoms with E-state index in [0.717, 1.165) is 0 Å². The van der Waals surface area contributed by atoms with Crippen molar-refractivity contribution < 1.29 is 35.0 Å². The summed E-state index contributed by atoms with van der Waals surface area (Å²) in [5.74, 6) is 0. The number of hydrogen-bond donors (Lipinski definition) is 8. The van der Waals surface area contributed by atoms with Crippen LogP contribution in [0.4, 0.5) is 0 Å². The highest BCUT2D eigenvalue weighted by Crippen LogP contribution is 2.23. The first-order chi connectivity index (χ1) is 10.7. The second-order valence-electron chi connectivity index (χ2n) is 5.96. The summed E-state index contributed by atoms with van der Waals surface area (Å²) in [5.41, 5.74) is 17.3. The van der Waals surface area contributed by atoms with E-state index < -0.39 is 68.1 Å². The van der Waals surface area contributed by atoms with Gasteiger partial charge in [0.05, 0.1) is 31.5 Å². The fourth-order valence-electron chi connectivity index (χ4n) is 2.43. The molecule has 0 aromatic heterocycles. The maximum atomic E-state index is 10.1. The van der Waals surface area contributed by atoms with E-state index in [-0.39, 0.29) is 6.42 Å². The molecular formula is C13H29N3O7. The quantitative estimate of drug-likeness (QED) is 0.200. The monoisotopic (exact) mass is 339 g/mol. The van der Waals surface area contributed by atoms with Gasteiger partial charge in [-0.05, 0) is 13.3 Å². The van der Waals surface area contributed by atoms with Crippen LogP contribution >= 0.6 is 0 Å². The summed E-state index contributed by atoms with van der Waals surface area (Å²) in [6.07, 6.45) is -6.66. The molecule has 0 heterocycles. The van der Waals surface area contributed by atoms with Gasteiger partial charge in [0, 0.05) is 12.1 Å². The Balaban J connectivity index is 2.83. The summed E-state index contributed by atoms with van der Waals surface area (Å²) in [5, 5.41) is 47.9. The van der Waals surface area contributed by atoms with Crippen molar-refractivity contribution in [3.05, 3.63) is 0 Å². The van der Waals surface area contributed by atoms with Crippen LogP contribution in [0.1, 0.15) is 13.3 Å². The summed E-state index contributed by atoms with van der Waals surface area (Å²) >= 11 is 0. The van der Waals surface area contributed by atoms with E-state index in [1.807, 2.05) is 0 Å². The molecule has 0 aliphatic heterocycles. The van der Waals surface area contributed by atoms with E-state index >= 15 is 0 Å². The number of aliphatic hydroxyl groups excluding tert-OH is 5. The van der Waals surface area contributed by atoms with Crippen LogP contribution in [0.3, 0.4) is 0 Å². The van der Waals surface area contributed by atoms with Gasteiger partial charge in [-0.1, -0.05) is 0 Å². The number of rotatable bonds is 8. The van der Waals surface area contributed by atoms with Crippen molar-refractivity contribution in [3.63, 3.8) is 0 Å². The molecule has 10 heteroatoms. The second kappa shape index (κ2) is 9.18. The predicted octanol–water partition coefficient (Wildman–Crippen LogP) is -4.44. The molecule has 0 saturated heterocycles. The van der Waals surface area contributed by atoms with Gasteiger partial charge in [-0.3, -0.25) is 0 Å². The number of hydrogen-bond acceptors (Lipinski definition) is 10. The van der Waals surface area contributed by atoms with Crippen LogP contribution in [0.2, 0.25) is 0 Å².